The monoisotopic (exact) mass is 484 g/mol. The van der Waals surface area contributed by atoms with Crippen LogP contribution >= 0.6 is 23.2 Å². The highest BCUT2D eigenvalue weighted by molar-refractivity contribution is 6.35. The first kappa shape index (κ1) is 22.7. The van der Waals surface area contributed by atoms with E-state index in [0.29, 0.717) is 44.0 Å². The third-order valence-corrected chi connectivity index (χ3v) is 5.67. The minimum atomic E-state index is -0.591. The average molecular weight is 485 g/mol. The van der Waals surface area contributed by atoms with Crippen molar-refractivity contribution in [2.75, 3.05) is 14.2 Å². The number of methoxy groups -OCH3 is 2. The highest BCUT2D eigenvalue weighted by Crippen LogP contribution is 2.40. The van der Waals surface area contributed by atoms with Crippen molar-refractivity contribution >= 4 is 41.0 Å². The second-order valence-electron chi connectivity index (χ2n) is 7.13. The van der Waals surface area contributed by atoms with Crippen LogP contribution in [0.5, 0.6) is 23.0 Å². The quantitative estimate of drug-likeness (QED) is 0.245. The third kappa shape index (κ3) is 4.40. The maximum absolute atomic E-state index is 12.8. The predicted octanol–water partition coefficient (Wildman–Crippen LogP) is 6.15. The Hall–Kier alpha value is -3.48. The molecule has 0 saturated heterocycles. The molecule has 0 aliphatic carbocycles. The molecule has 0 aromatic heterocycles. The molecule has 168 valence electrons. The van der Waals surface area contributed by atoms with Crippen LogP contribution in [0.2, 0.25) is 10.0 Å². The van der Waals surface area contributed by atoms with Gasteiger partial charge in [0, 0.05) is 15.6 Å². The van der Waals surface area contributed by atoms with Crippen LogP contribution in [0.25, 0.3) is 6.08 Å². The van der Waals surface area contributed by atoms with Gasteiger partial charge in [0.25, 0.3) is 0 Å². The summed E-state index contributed by atoms with van der Waals surface area (Å²) in [5.41, 5.74) is 1.76. The first-order chi connectivity index (χ1) is 15.8. The first-order valence-electron chi connectivity index (χ1n) is 9.79. The summed E-state index contributed by atoms with van der Waals surface area (Å²) in [4.78, 5) is 25.5. The average Bonchev–Trinajstić information content (AvgIpc) is 3.13. The number of ether oxygens (including phenoxy) is 4. The summed E-state index contributed by atoms with van der Waals surface area (Å²) in [6, 6.07) is 12.8. The number of allylic oxidation sites excluding steroid dienone is 1. The summed E-state index contributed by atoms with van der Waals surface area (Å²) in [5.74, 6) is 0.725. The molecule has 1 aliphatic rings. The topological polar surface area (TPSA) is 71.1 Å². The molecule has 6 nitrogen and oxygen atoms in total. The fourth-order valence-corrected chi connectivity index (χ4v) is 3.82. The summed E-state index contributed by atoms with van der Waals surface area (Å²) >= 11 is 12.1. The number of Topliss-reactive ketones (excluding diaryl/α,β-unsaturated/α-hetero) is 1. The van der Waals surface area contributed by atoms with Crippen molar-refractivity contribution in [3.8, 4) is 23.0 Å². The lowest BCUT2D eigenvalue weighted by molar-refractivity contribution is 0.0732. The van der Waals surface area contributed by atoms with Gasteiger partial charge in [-0.25, -0.2) is 4.79 Å². The molecule has 0 saturated carbocycles. The number of hydrogen-bond acceptors (Lipinski definition) is 6. The predicted molar refractivity (Wildman–Crippen MR) is 125 cm³/mol. The van der Waals surface area contributed by atoms with Gasteiger partial charge in [-0.1, -0.05) is 29.3 Å². The Morgan fingerprint density at radius 1 is 0.939 bits per heavy atom. The zero-order valence-corrected chi connectivity index (χ0v) is 19.4. The van der Waals surface area contributed by atoms with E-state index < -0.39 is 5.97 Å². The van der Waals surface area contributed by atoms with Crippen LogP contribution in [0.4, 0.5) is 0 Å². The van der Waals surface area contributed by atoms with E-state index in [9.17, 15) is 9.59 Å². The lowest BCUT2D eigenvalue weighted by Gasteiger charge is -2.12. The number of fused-ring (bicyclic) bond motifs is 1. The van der Waals surface area contributed by atoms with Gasteiger partial charge in [0.2, 0.25) is 5.78 Å². The number of carbonyl (C=O) groups is 2. The molecule has 0 atom stereocenters. The summed E-state index contributed by atoms with van der Waals surface area (Å²) in [7, 11) is 2.99. The first-order valence-corrected chi connectivity index (χ1v) is 10.5. The van der Waals surface area contributed by atoms with Gasteiger partial charge in [-0.05, 0) is 61.0 Å². The number of rotatable bonds is 5. The van der Waals surface area contributed by atoms with Crippen molar-refractivity contribution in [1.29, 1.82) is 0 Å². The number of hydrogen-bond donors (Lipinski definition) is 0. The minimum Gasteiger partial charge on any atom is -0.493 e. The zero-order chi connectivity index (χ0) is 23.7. The largest absolute Gasteiger partial charge is 0.493 e. The Bertz CT molecular complexity index is 1310. The molecule has 33 heavy (non-hydrogen) atoms. The lowest BCUT2D eigenvalue weighted by atomic mass is 10.1. The molecule has 8 heteroatoms. The normalized spacial score (nSPS) is 13.5. The molecule has 0 bridgehead atoms. The lowest BCUT2D eigenvalue weighted by Crippen LogP contribution is -2.10. The number of ketones is 1. The van der Waals surface area contributed by atoms with Crippen LogP contribution < -0.4 is 18.9 Å². The van der Waals surface area contributed by atoms with E-state index in [2.05, 4.69) is 0 Å². The molecule has 0 unspecified atom stereocenters. The van der Waals surface area contributed by atoms with Crippen molar-refractivity contribution in [3.63, 3.8) is 0 Å². The summed E-state index contributed by atoms with van der Waals surface area (Å²) in [6.07, 6.45) is 1.55. The van der Waals surface area contributed by atoms with E-state index in [1.807, 2.05) is 0 Å². The van der Waals surface area contributed by atoms with Gasteiger partial charge in [-0.2, -0.15) is 0 Å². The zero-order valence-electron chi connectivity index (χ0n) is 17.9. The molecule has 0 amide bonds. The maximum Gasteiger partial charge on any atom is 0.343 e. The van der Waals surface area contributed by atoms with Crippen molar-refractivity contribution < 1.29 is 28.5 Å². The Morgan fingerprint density at radius 3 is 2.36 bits per heavy atom. The Balaban J connectivity index is 1.60. The molecule has 3 aromatic carbocycles. The molecule has 0 fully saturated rings. The van der Waals surface area contributed by atoms with Crippen LogP contribution in [0, 0.1) is 6.92 Å². The molecule has 1 aliphatic heterocycles. The van der Waals surface area contributed by atoms with Crippen LogP contribution in [0.1, 0.15) is 31.8 Å². The van der Waals surface area contributed by atoms with Crippen LogP contribution in [-0.2, 0) is 0 Å². The van der Waals surface area contributed by atoms with Gasteiger partial charge in [0.1, 0.15) is 11.5 Å². The van der Waals surface area contributed by atoms with Gasteiger partial charge in [0.05, 0.1) is 25.3 Å². The van der Waals surface area contributed by atoms with E-state index in [0.717, 1.165) is 0 Å². The minimum absolute atomic E-state index is 0.112. The fourth-order valence-electron chi connectivity index (χ4n) is 3.36. The van der Waals surface area contributed by atoms with E-state index in [4.69, 9.17) is 42.1 Å². The van der Waals surface area contributed by atoms with Gasteiger partial charge < -0.3 is 18.9 Å². The second-order valence-corrected chi connectivity index (χ2v) is 7.97. The van der Waals surface area contributed by atoms with Crippen LogP contribution in [0.3, 0.4) is 0 Å². The molecule has 0 spiro atoms. The van der Waals surface area contributed by atoms with E-state index in [1.165, 1.54) is 20.3 Å². The SMILES string of the molecule is COc1ccc(C(=O)Oc2ccc3c(c2C)O/C(=C\c2ccc(Cl)cc2Cl)C3=O)cc1OC. The van der Waals surface area contributed by atoms with E-state index in [1.54, 1.807) is 55.5 Å². The van der Waals surface area contributed by atoms with Crippen molar-refractivity contribution in [2.24, 2.45) is 0 Å². The Kier molecular flexibility index (Phi) is 6.31. The number of esters is 1. The maximum atomic E-state index is 12.8. The number of benzene rings is 3. The number of carbonyl (C=O) groups excluding carboxylic acids is 2. The van der Waals surface area contributed by atoms with Gasteiger partial charge >= 0.3 is 5.97 Å². The van der Waals surface area contributed by atoms with Crippen LogP contribution in [-0.4, -0.2) is 26.0 Å². The molecular weight excluding hydrogens is 467 g/mol. The van der Waals surface area contributed by atoms with Crippen LogP contribution in [0.15, 0.2) is 54.3 Å². The summed E-state index contributed by atoms with van der Waals surface area (Å²) < 4.78 is 21.8. The molecule has 4 rings (SSSR count). The van der Waals surface area contributed by atoms with Gasteiger partial charge in [-0.3, -0.25) is 4.79 Å². The molecule has 0 N–H and O–H groups in total. The van der Waals surface area contributed by atoms with Gasteiger partial charge in [-0.15, -0.1) is 0 Å². The smallest absolute Gasteiger partial charge is 0.343 e. The Morgan fingerprint density at radius 2 is 1.67 bits per heavy atom. The number of halogens is 2. The molecule has 1 heterocycles. The third-order valence-electron chi connectivity index (χ3n) is 5.11. The summed E-state index contributed by atoms with van der Waals surface area (Å²) in [5, 5.41) is 0.879. The molecular formula is C25H18Cl2O6. The summed E-state index contributed by atoms with van der Waals surface area (Å²) in [6.45, 7) is 1.71. The highest BCUT2D eigenvalue weighted by Gasteiger charge is 2.31. The van der Waals surface area contributed by atoms with Crippen molar-refractivity contribution in [2.45, 2.75) is 6.92 Å². The standard InChI is InChI=1S/C25H18Cl2O6/c1-13-19(33-25(29)15-5-8-20(30-2)21(11-15)31-3)9-7-17-23(28)22(32-24(13)17)10-14-4-6-16(26)12-18(14)27/h4-12H,1-3H3/b22-10-. The molecule has 3 aromatic rings. The second kappa shape index (κ2) is 9.17. The Labute approximate surface area is 200 Å². The molecule has 0 radical (unpaired) electrons. The highest BCUT2D eigenvalue weighted by atomic mass is 35.5. The van der Waals surface area contributed by atoms with Gasteiger partial charge in [0.15, 0.2) is 17.3 Å². The van der Waals surface area contributed by atoms with E-state index in [-0.39, 0.29) is 22.9 Å². The van der Waals surface area contributed by atoms with Crippen molar-refractivity contribution in [3.05, 3.63) is 86.6 Å². The van der Waals surface area contributed by atoms with E-state index >= 15 is 0 Å². The van der Waals surface area contributed by atoms with Crippen molar-refractivity contribution in [1.82, 2.24) is 0 Å². The fraction of sp³-hybridized carbons (Fsp3) is 0.120.